The zero-order chi connectivity index (χ0) is 27.0. The second-order valence-corrected chi connectivity index (χ2v) is 9.65. The zero-order valence-electron chi connectivity index (χ0n) is 21.6. The van der Waals surface area contributed by atoms with E-state index in [0.717, 1.165) is 19.3 Å². The molecule has 1 aromatic carbocycles. The van der Waals surface area contributed by atoms with Crippen molar-refractivity contribution in [2.45, 2.75) is 58.1 Å². The predicted molar refractivity (Wildman–Crippen MR) is 137 cm³/mol. The van der Waals surface area contributed by atoms with Crippen LogP contribution in [0, 0.1) is 13.8 Å². The van der Waals surface area contributed by atoms with E-state index in [9.17, 15) is 19.2 Å². The minimum absolute atomic E-state index is 0.0355. The number of para-hydroxylation sites is 1. The molecule has 12 heteroatoms. The Labute approximate surface area is 218 Å². The third-order valence-electron chi connectivity index (χ3n) is 6.95. The topological polar surface area (TPSA) is 146 Å². The van der Waals surface area contributed by atoms with Crippen molar-refractivity contribution >= 4 is 34.3 Å². The van der Waals surface area contributed by atoms with Crippen LogP contribution >= 0.6 is 0 Å². The van der Waals surface area contributed by atoms with Crippen molar-refractivity contribution in [3.05, 3.63) is 45.6 Å². The molecule has 5 rings (SSSR count). The van der Waals surface area contributed by atoms with Crippen LogP contribution in [0.25, 0.3) is 10.9 Å². The lowest BCUT2D eigenvalue weighted by atomic mass is 10.1. The molecule has 2 aliphatic heterocycles. The molecule has 0 spiro atoms. The maximum Gasteiger partial charge on any atom is 0.263 e. The van der Waals surface area contributed by atoms with Gasteiger partial charge in [-0.2, -0.15) is 5.10 Å². The van der Waals surface area contributed by atoms with E-state index in [1.807, 2.05) is 0 Å². The highest BCUT2D eigenvalue weighted by atomic mass is 16.5. The van der Waals surface area contributed by atoms with Gasteiger partial charge in [-0.15, -0.1) is 0 Å². The maximum atomic E-state index is 13.5. The first-order valence-corrected chi connectivity index (χ1v) is 12.7. The van der Waals surface area contributed by atoms with Crippen LogP contribution in [-0.2, 0) is 21.4 Å². The summed E-state index contributed by atoms with van der Waals surface area (Å²) in [5, 5.41) is 9.75. The van der Waals surface area contributed by atoms with Gasteiger partial charge in [-0.25, -0.2) is 9.67 Å². The fraction of sp³-hybridized carbons (Fsp3) is 0.462. The summed E-state index contributed by atoms with van der Waals surface area (Å²) >= 11 is 0. The van der Waals surface area contributed by atoms with E-state index in [4.69, 9.17) is 9.47 Å². The lowest BCUT2D eigenvalue weighted by Crippen LogP contribution is -2.45. The number of nitrogens with one attached hydrogen (secondary N) is 2. The van der Waals surface area contributed by atoms with Gasteiger partial charge in [0.1, 0.15) is 29.6 Å². The van der Waals surface area contributed by atoms with Crippen LogP contribution in [0.1, 0.15) is 60.0 Å². The molecule has 0 saturated carbocycles. The molecule has 200 valence electrons. The Kier molecular flexibility index (Phi) is 6.98. The van der Waals surface area contributed by atoms with Crippen LogP contribution in [0.2, 0.25) is 0 Å². The van der Waals surface area contributed by atoms with Gasteiger partial charge in [-0.1, -0.05) is 6.07 Å². The second kappa shape index (κ2) is 10.4. The van der Waals surface area contributed by atoms with Gasteiger partial charge in [-0.05, 0) is 51.7 Å². The molecule has 2 atom stereocenters. The van der Waals surface area contributed by atoms with Crippen molar-refractivity contribution in [2.75, 3.05) is 18.5 Å². The largest absolute Gasteiger partial charge is 0.475 e. The third kappa shape index (κ3) is 4.78. The summed E-state index contributed by atoms with van der Waals surface area (Å²) < 4.78 is 14.6. The minimum Gasteiger partial charge on any atom is -0.475 e. The van der Waals surface area contributed by atoms with Gasteiger partial charge in [0.15, 0.2) is 0 Å². The molecule has 4 heterocycles. The summed E-state index contributed by atoms with van der Waals surface area (Å²) in [6.45, 7) is 4.36. The van der Waals surface area contributed by atoms with Gasteiger partial charge in [0, 0.05) is 20.1 Å². The summed E-state index contributed by atoms with van der Waals surface area (Å²) in [6, 6.07) is 4.06. The number of nitrogens with zero attached hydrogens (tertiary/aromatic N) is 4. The van der Waals surface area contributed by atoms with E-state index in [2.05, 4.69) is 20.7 Å². The highest BCUT2D eigenvalue weighted by molar-refractivity contribution is 6.10. The molecule has 0 bridgehead atoms. The molecular weight excluding hydrogens is 492 g/mol. The molecule has 3 amide bonds. The lowest BCUT2D eigenvalue weighted by Gasteiger charge is -2.24. The number of imide groups is 1. The smallest absolute Gasteiger partial charge is 0.263 e. The van der Waals surface area contributed by atoms with Crippen LogP contribution in [-0.4, -0.2) is 56.4 Å². The molecule has 38 heavy (non-hydrogen) atoms. The minimum atomic E-state index is -0.832. The van der Waals surface area contributed by atoms with Crippen molar-refractivity contribution < 1.29 is 23.9 Å². The van der Waals surface area contributed by atoms with Crippen molar-refractivity contribution in [3.63, 3.8) is 0 Å². The first-order valence-electron chi connectivity index (χ1n) is 12.7. The summed E-state index contributed by atoms with van der Waals surface area (Å²) in [7, 11) is 1.71. The lowest BCUT2D eigenvalue weighted by molar-refractivity contribution is -0.135. The number of ether oxygens (including phenoxy) is 2. The summed E-state index contributed by atoms with van der Waals surface area (Å²) in [6.07, 6.45) is 3.32. The van der Waals surface area contributed by atoms with Gasteiger partial charge in [0.05, 0.1) is 22.9 Å². The molecule has 2 unspecified atom stereocenters. The Hall–Kier alpha value is -4.06. The molecule has 0 aliphatic carbocycles. The number of anilines is 1. The third-order valence-corrected chi connectivity index (χ3v) is 6.95. The number of amides is 3. The van der Waals surface area contributed by atoms with Crippen molar-refractivity contribution in [1.29, 1.82) is 0 Å². The van der Waals surface area contributed by atoms with Gasteiger partial charge < -0.3 is 14.8 Å². The number of piperidine rings is 1. The number of hydrogen-bond donors (Lipinski definition) is 2. The Bertz CT molecular complexity index is 1490. The first-order chi connectivity index (χ1) is 18.2. The van der Waals surface area contributed by atoms with Crippen LogP contribution in [0.15, 0.2) is 23.0 Å². The molecule has 2 aromatic heterocycles. The average molecular weight is 523 g/mol. The van der Waals surface area contributed by atoms with E-state index in [0.29, 0.717) is 41.8 Å². The van der Waals surface area contributed by atoms with Crippen molar-refractivity contribution in [3.8, 4) is 5.88 Å². The Morgan fingerprint density at radius 2 is 2.03 bits per heavy atom. The number of aromatic nitrogens is 4. The Morgan fingerprint density at radius 3 is 2.76 bits per heavy atom. The molecule has 0 radical (unpaired) electrons. The summed E-state index contributed by atoms with van der Waals surface area (Å²) in [5.74, 6) is -0.714. The number of carbonyl (C=O) groups excluding carboxylic acids is 3. The quantitative estimate of drug-likeness (QED) is 0.467. The predicted octanol–water partition coefficient (Wildman–Crippen LogP) is 1.92. The van der Waals surface area contributed by atoms with Gasteiger partial charge >= 0.3 is 0 Å². The fourth-order valence-electron chi connectivity index (χ4n) is 5.08. The summed E-state index contributed by atoms with van der Waals surface area (Å²) in [4.78, 5) is 55.5. The number of fused-ring (bicyclic) bond motifs is 1. The van der Waals surface area contributed by atoms with Gasteiger partial charge in [0.2, 0.25) is 17.7 Å². The summed E-state index contributed by atoms with van der Waals surface area (Å²) in [5.41, 5.74) is 0.995. The molecule has 2 fully saturated rings. The average Bonchev–Trinajstić information content (AvgIpc) is 3.17. The molecular formula is C26H30N6O6. The van der Waals surface area contributed by atoms with E-state index in [-0.39, 0.29) is 35.8 Å². The number of rotatable bonds is 6. The van der Waals surface area contributed by atoms with Crippen LogP contribution in [0.5, 0.6) is 5.88 Å². The fourth-order valence-corrected chi connectivity index (χ4v) is 5.08. The monoisotopic (exact) mass is 522 g/mol. The SMILES string of the molecule is Cc1nn(C)c(OCC2CCCCO2)c1C(=O)Nc1cccc2c(=O)n(C3CCC(=O)NC3=O)c(C)nc12. The number of aryl methyl sites for hydroxylation is 3. The van der Waals surface area contributed by atoms with Gasteiger partial charge in [-0.3, -0.25) is 29.1 Å². The maximum absolute atomic E-state index is 13.5. The molecule has 3 aromatic rings. The molecule has 2 saturated heterocycles. The highest BCUT2D eigenvalue weighted by Crippen LogP contribution is 2.27. The number of hydrogen-bond acceptors (Lipinski definition) is 8. The zero-order valence-corrected chi connectivity index (χ0v) is 21.6. The van der Waals surface area contributed by atoms with E-state index < -0.39 is 23.4 Å². The van der Waals surface area contributed by atoms with Crippen LogP contribution in [0.3, 0.4) is 0 Å². The van der Waals surface area contributed by atoms with Crippen molar-refractivity contribution in [1.82, 2.24) is 24.6 Å². The second-order valence-electron chi connectivity index (χ2n) is 9.65. The number of carbonyl (C=O) groups is 3. The molecule has 2 aliphatic rings. The normalized spacial score (nSPS) is 19.9. The van der Waals surface area contributed by atoms with Gasteiger partial charge in [0.25, 0.3) is 11.5 Å². The van der Waals surface area contributed by atoms with Crippen LogP contribution < -0.4 is 20.9 Å². The van der Waals surface area contributed by atoms with E-state index >= 15 is 0 Å². The molecule has 2 N–H and O–H groups in total. The van der Waals surface area contributed by atoms with E-state index in [1.54, 1.807) is 39.1 Å². The Morgan fingerprint density at radius 1 is 1.21 bits per heavy atom. The Balaban J connectivity index is 1.44. The highest BCUT2D eigenvalue weighted by Gasteiger charge is 2.31. The van der Waals surface area contributed by atoms with E-state index in [1.165, 1.54) is 9.25 Å². The molecule has 12 nitrogen and oxygen atoms in total. The van der Waals surface area contributed by atoms with Crippen molar-refractivity contribution in [2.24, 2.45) is 7.05 Å². The number of benzene rings is 1. The first kappa shape index (κ1) is 25.6. The standard InChI is InChI=1S/C26H30N6O6/c1-14-21(26(31(3)30-14)38-13-16-7-4-5-12-37-16)24(35)28-18-9-6-8-17-22(18)27-15(2)32(25(17)36)19-10-11-20(33)29-23(19)34/h6,8-9,16,19H,4-5,7,10-13H2,1-3H3,(H,28,35)(H,29,33,34). The van der Waals surface area contributed by atoms with Crippen LogP contribution in [0.4, 0.5) is 5.69 Å².